The molecule has 2 rings (SSSR count). The lowest BCUT2D eigenvalue weighted by Gasteiger charge is -2.17. The van der Waals surface area contributed by atoms with Crippen molar-refractivity contribution in [2.45, 2.75) is 44.6 Å². The fraction of sp³-hybridized carbons (Fsp3) is 0.500. The Morgan fingerprint density at radius 2 is 2.00 bits per heavy atom. The molecule has 1 aliphatic heterocycles. The fourth-order valence-electron chi connectivity index (χ4n) is 2.56. The second-order valence-corrected chi connectivity index (χ2v) is 7.22. The van der Waals surface area contributed by atoms with Crippen molar-refractivity contribution in [1.29, 1.82) is 0 Å². The molecule has 7 heteroatoms. The van der Waals surface area contributed by atoms with Crippen LogP contribution in [-0.4, -0.2) is 26.9 Å². The Bertz CT molecular complexity index is 657. The van der Waals surface area contributed by atoms with Crippen LogP contribution in [0.15, 0.2) is 11.0 Å². The van der Waals surface area contributed by atoms with Gasteiger partial charge in [-0.3, -0.25) is 4.79 Å². The number of carbonyl (C=O) groups excluding carboxylic acids is 1. The first-order valence-corrected chi connectivity index (χ1v) is 8.36. The van der Waals surface area contributed by atoms with Gasteiger partial charge in [-0.15, -0.1) is 0 Å². The van der Waals surface area contributed by atoms with Gasteiger partial charge in [0.2, 0.25) is 15.9 Å². The quantitative estimate of drug-likeness (QED) is 0.714. The molecule has 0 aliphatic carbocycles. The second-order valence-electron chi connectivity index (χ2n) is 5.52. The number of hydrogen-bond acceptors (Lipinski definition) is 4. The third-order valence-corrected chi connectivity index (χ3v) is 5.65. The molecule has 6 nitrogen and oxygen atoms in total. The molecule has 0 radical (unpaired) electrons. The van der Waals surface area contributed by atoms with Gasteiger partial charge in [0.25, 0.3) is 0 Å². The summed E-state index contributed by atoms with van der Waals surface area (Å²) in [5.74, 6) is -0.0358. The van der Waals surface area contributed by atoms with Crippen LogP contribution in [0.25, 0.3) is 0 Å². The van der Waals surface area contributed by atoms with Crippen molar-refractivity contribution >= 4 is 21.6 Å². The van der Waals surface area contributed by atoms with Gasteiger partial charge in [-0.1, -0.05) is 0 Å². The number of hydrogen-bond donors (Lipinski definition) is 3. The number of amides is 1. The van der Waals surface area contributed by atoms with Crippen molar-refractivity contribution in [2.24, 2.45) is 0 Å². The number of benzene rings is 1. The molecule has 1 atom stereocenters. The number of nitrogens with one attached hydrogen (secondary N) is 2. The van der Waals surface area contributed by atoms with E-state index < -0.39 is 10.0 Å². The predicted molar refractivity (Wildman–Crippen MR) is 81.4 cm³/mol. The molecule has 0 aromatic heterocycles. The summed E-state index contributed by atoms with van der Waals surface area (Å²) in [6, 6.07) is 1.64. The standard InChI is InChI=1S/C14H21N3O3S/c1-8-6-12(15)10(3)14(9(8)2)21(19,20)16-7-11-4-5-13(18)17-11/h6,11,16H,4-5,7,15H2,1-3H3,(H,17,18). The normalized spacial score (nSPS) is 18.8. The molecule has 21 heavy (non-hydrogen) atoms. The highest BCUT2D eigenvalue weighted by molar-refractivity contribution is 7.89. The van der Waals surface area contributed by atoms with E-state index in [2.05, 4.69) is 10.0 Å². The van der Waals surface area contributed by atoms with Crippen molar-refractivity contribution in [3.63, 3.8) is 0 Å². The molecule has 1 aromatic carbocycles. The van der Waals surface area contributed by atoms with Crippen LogP contribution >= 0.6 is 0 Å². The van der Waals surface area contributed by atoms with Crippen LogP contribution < -0.4 is 15.8 Å². The summed E-state index contributed by atoms with van der Waals surface area (Å²) in [6.07, 6.45) is 1.09. The van der Waals surface area contributed by atoms with Gasteiger partial charge in [0.15, 0.2) is 0 Å². The number of aryl methyl sites for hydroxylation is 1. The van der Waals surface area contributed by atoms with Gasteiger partial charge in [-0.05, 0) is 49.9 Å². The molecule has 0 bridgehead atoms. The average molecular weight is 311 g/mol. The van der Waals surface area contributed by atoms with Gasteiger partial charge in [0.1, 0.15) is 0 Å². The van der Waals surface area contributed by atoms with Crippen molar-refractivity contribution in [3.05, 3.63) is 22.8 Å². The highest BCUT2D eigenvalue weighted by atomic mass is 32.2. The number of sulfonamides is 1. The Morgan fingerprint density at radius 1 is 1.33 bits per heavy atom. The van der Waals surface area contributed by atoms with E-state index in [9.17, 15) is 13.2 Å². The van der Waals surface area contributed by atoms with Crippen molar-refractivity contribution in [1.82, 2.24) is 10.0 Å². The molecular formula is C14H21N3O3S. The fourth-order valence-corrected chi connectivity index (χ4v) is 4.21. The Hall–Kier alpha value is -1.60. The van der Waals surface area contributed by atoms with Crippen LogP contribution in [0.3, 0.4) is 0 Å². The molecule has 1 aliphatic rings. The molecule has 0 spiro atoms. The largest absolute Gasteiger partial charge is 0.398 e. The minimum Gasteiger partial charge on any atom is -0.398 e. The number of rotatable bonds is 4. The highest BCUT2D eigenvalue weighted by Crippen LogP contribution is 2.27. The Labute approximate surface area is 125 Å². The van der Waals surface area contributed by atoms with Gasteiger partial charge in [0.05, 0.1) is 4.90 Å². The summed E-state index contributed by atoms with van der Waals surface area (Å²) in [5, 5.41) is 2.74. The Balaban J connectivity index is 2.26. The first-order valence-electron chi connectivity index (χ1n) is 6.87. The summed E-state index contributed by atoms with van der Waals surface area (Å²) < 4.78 is 27.7. The lowest BCUT2D eigenvalue weighted by molar-refractivity contribution is -0.119. The second kappa shape index (κ2) is 5.65. The molecule has 0 saturated carbocycles. The van der Waals surface area contributed by atoms with Crippen LogP contribution in [0, 0.1) is 20.8 Å². The topological polar surface area (TPSA) is 101 Å². The molecule has 1 aromatic rings. The third kappa shape index (κ3) is 3.19. The lowest BCUT2D eigenvalue weighted by Crippen LogP contribution is -2.38. The van der Waals surface area contributed by atoms with Crippen molar-refractivity contribution in [2.75, 3.05) is 12.3 Å². The van der Waals surface area contributed by atoms with Gasteiger partial charge in [0, 0.05) is 24.7 Å². The summed E-state index contributed by atoms with van der Waals surface area (Å²) in [5.41, 5.74) is 8.44. The minimum atomic E-state index is -3.65. The number of nitrogens with two attached hydrogens (primary N) is 1. The van der Waals surface area contributed by atoms with Crippen LogP contribution in [0.2, 0.25) is 0 Å². The molecule has 1 unspecified atom stereocenters. The van der Waals surface area contributed by atoms with E-state index in [-0.39, 0.29) is 23.4 Å². The van der Waals surface area contributed by atoms with Crippen molar-refractivity contribution in [3.8, 4) is 0 Å². The first kappa shape index (κ1) is 15.8. The predicted octanol–water partition coefficient (Wildman–Crippen LogP) is 0.751. The SMILES string of the molecule is Cc1cc(N)c(C)c(S(=O)(=O)NCC2CCC(=O)N2)c1C. The van der Waals surface area contributed by atoms with Crippen LogP contribution in [-0.2, 0) is 14.8 Å². The lowest BCUT2D eigenvalue weighted by atomic mass is 10.1. The first-order chi connectivity index (χ1) is 9.72. The number of nitrogen functional groups attached to an aromatic ring is 1. The van der Waals surface area contributed by atoms with Crippen LogP contribution in [0.1, 0.15) is 29.5 Å². The van der Waals surface area contributed by atoms with E-state index in [1.807, 2.05) is 6.92 Å². The van der Waals surface area contributed by atoms with Gasteiger partial charge in [-0.2, -0.15) is 0 Å². The summed E-state index contributed by atoms with van der Waals surface area (Å²) in [4.78, 5) is 11.4. The van der Waals surface area contributed by atoms with E-state index in [0.29, 0.717) is 29.7 Å². The molecule has 1 saturated heterocycles. The minimum absolute atomic E-state index is 0.0358. The Morgan fingerprint density at radius 3 is 2.57 bits per heavy atom. The van der Waals surface area contributed by atoms with Gasteiger partial charge < -0.3 is 11.1 Å². The average Bonchev–Trinajstić information content (AvgIpc) is 2.80. The zero-order chi connectivity index (χ0) is 15.8. The Kier molecular flexibility index (Phi) is 4.25. The summed E-state index contributed by atoms with van der Waals surface area (Å²) >= 11 is 0. The maximum atomic E-state index is 12.5. The van der Waals surface area contributed by atoms with Gasteiger partial charge in [-0.25, -0.2) is 13.1 Å². The van der Waals surface area contributed by atoms with Crippen LogP contribution in [0.5, 0.6) is 0 Å². The molecule has 4 N–H and O–H groups in total. The number of anilines is 1. The van der Waals surface area contributed by atoms with E-state index in [4.69, 9.17) is 5.73 Å². The maximum absolute atomic E-state index is 12.5. The third-order valence-electron chi connectivity index (χ3n) is 3.95. The molecule has 116 valence electrons. The molecule has 1 amide bonds. The smallest absolute Gasteiger partial charge is 0.241 e. The van der Waals surface area contributed by atoms with Crippen molar-refractivity contribution < 1.29 is 13.2 Å². The van der Waals surface area contributed by atoms with Crippen LogP contribution in [0.4, 0.5) is 5.69 Å². The zero-order valence-corrected chi connectivity index (χ0v) is 13.3. The number of carbonyl (C=O) groups is 1. The highest BCUT2D eigenvalue weighted by Gasteiger charge is 2.26. The maximum Gasteiger partial charge on any atom is 0.241 e. The summed E-state index contributed by atoms with van der Waals surface area (Å²) in [6.45, 7) is 5.50. The van der Waals surface area contributed by atoms with E-state index in [1.54, 1.807) is 19.9 Å². The zero-order valence-electron chi connectivity index (χ0n) is 12.5. The van der Waals surface area contributed by atoms with Gasteiger partial charge >= 0.3 is 0 Å². The summed E-state index contributed by atoms with van der Waals surface area (Å²) in [7, 11) is -3.65. The molecule has 1 heterocycles. The molecule has 1 fully saturated rings. The van der Waals surface area contributed by atoms with E-state index >= 15 is 0 Å². The monoisotopic (exact) mass is 311 g/mol. The molecular weight excluding hydrogens is 290 g/mol. The van der Waals surface area contributed by atoms with E-state index in [0.717, 1.165) is 5.56 Å². The van der Waals surface area contributed by atoms with E-state index in [1.165, 1.54) is 0 Å².